The van der Waals surface area contributed by atoms with Crippen LogP contribution in [-0.4, -0.2) is 71.3 Å². The van der Waals surface area contributed by atoms with Crippen LogP contribution in [0.4, 0.5) is 0 Å². The standard InChI is InChI=1S/C25H48N4O4/c1-2-3-4-5-6-7-11-24(29-27)22-28-13-15-31-17-19-33-21-20-32-18-16-30-14-12-25(26)23-9-8-10-23/h22H,2-21,26-27H2,1H3/b28-22?,29-24-. The Bertz CT molecular complexity index is 547. The van der Waals surface area contributed by atoms with E-state index in [-0.39, 0.29) is 0 Å². The topological polar surface area (TPSA) is 114 Å². The number of hydrogen-bond acceptors (Lipinski definition) is 8. The Balaban J connectivity index is 1.79. The molecule has 0 amide bonds. The van der Waals surface area contributed by atoms with Gasteiger partial charge in [0.05, 0.1) is 65.1 Å². The van der Waals surface area contributed by atoms with Crippen molar-refractivity contribution in [2.24, 2.45) is 21.7 Å². The molecule has 1 aliphatic rings. The molecule has 1 fully saturated rings. The highest BCUT2D eigenvalue weighted by molar-refractivity contribution is 6.30. The van der Waals surface area contributed by atoms with Crippen molar-refractivity contribution in [3.8, 4) is 0 Å². The minimum Gasteiger partial charge on any atom is -0.402 e. The second-order valence-electron chi connectivity index (χ2n) is 8.36. The lowest BCUT2D eigenvalue weighted by Gasteiger charge is -2.19. The smallest absolute Gasteiger partial charge is 0.0778 e. The molecule has 1 aliphatic carbocycles. The highest BCUT2D eigenvalue weighted by Gasteiger charge is 2.11. The molecule has 1 saturated carbocycles. The van der Waals surface area contributed by atoms with Crippen LogP contribution in [0.15, 0.2) is 21.4 Å². The van der Waals surface area contributed by atoms with E-state index in [2.05, 4.69) is 17.0 Å². The zero-order valence-electron chi connectivity index (χ0n) is 20.9. The molecular weight excluding hydrogens is 420 g/mol. The summed E-state index contributed by atoms with van der Waals surface area (Å²) in [6.07, 6.45) is 14.6. The van der Waals surface area contributed by atoms with Crippen LogP contribution in [0, 0.1) is 0 Å². The van der Waals surface area contributed by atoms with Crippen LogP contribution in [0.3, 0.4) is 0 Å². The second-order valence-corrected chi connectivity index (χ2v) is 8.36. The molecule has 0 radical (unpaired) electrons. The van der Waals surface area contributed by atoms with Crippen molar-refractivity contribution in [1.29, 1.82) is 0 Å². The Labute approximate surface area is 201 Å². The first-order valence-electron chi connectivity index (χ1n) is 12.8. The summed E-state index contributed by atoms with van der Waals surface area (Å²) in [7, 11) is 0. The first kappa shape index (κ1) is 29.6. The highest BCUT2D eigenvalue weighted by Crippen LogP contribution is 2.27. The molecule has 0 aromatic rings. The van der Waals surface area contributed by atoms with Gasteiger partial charge in [0.25, 0.3) is 0 Å². The average Bonchev–Trinajstić information content (AvgIpc) is 2.78. The monoisotopic (exact) mass is 468 g/mol. The van der Waals surface area contributed by atoms with Crippen LogP contribution in [0.2, 0.25) is 0 Å². The maximum Gasteiger partial charge on any atom is 0.0778 e. The number of rotatable bonds is 23. The molecule has 0 bridgehead atoms. The molecule has 4 N–H and O–H groups in total. The summed E-state index contributed by atoms with van der Waals surface area (Å²) in [4.78, 5) is 4.34. The first-order valence-corrected chi connectivity index (χ1v) is 12.8. The Morgan fingerprint density at radius 1 is 0.788 bits per heavy atom. The van der Waals surface area contributed by atoms with Gasteiger partial charge in [0.1, 0.15) is 0 Å². The summed E-state index contributed by atoms with van der Waals surface area (Å²) in [6.45, 7) is 7.41. The van der Waals surface area contributed by atoms with Crippen LogP contribution in [0.1, 0.15) is 77.6 Å². The molecule has 0 aromatic heterocycles. The van der Waals surface area contributed by atoms with Crippen molar-refractivity contribution in [3.63, 3.8) is 0 Å². The summed E-state index contributed by atoms with van der Waals surface area (Å²) >= 11 is 0. The van der Waals surface area contributed by atoms with E-state index in [9.17, 15) is 0 Å². The Morgan fingerprint density at radius 3 is 1.94 bits per heavy atom. The first-order chi connectivity index (χ1) is 16.3. The number of nitrogens with two attached hydrogens (primary N) is 2. The third kappa shape index (κ3) is 17.6. The average molecular weight is 469 g/mol. The van der Waals surface area contributed by atoms with Crippen molar-refractivity contribution < 1.29 is 18.9 Å². The van der Waals surface area contributed by atoms with E-state index < -0.39 is 0 Å². The number of ether oxygens (including phenoxy) is 4. The molecule has 0 atom stereocenters. The van der Waals surface area contributed by atoms with Gasteiger partial charge >= 0.3 is 0 Å². The van der Waals surface area contributed by atoms with E-state index in [4.69, 9.17) is 30.5 Å². The molecule has 0 aliphatic heterocycles. The molecule has 8 nitrogen and oxygen atoms in total. The quantitative estimate of drug-likeness (QED) is 0.101. The van der Waals surface area contributed by atoms with Gasteiger partial charge < -0.3 is 30.5 Å². The molecule has 192 valence electrons. The zero-order valence-corrected chi connectivity index (χ0v) is 20.9. The fourth-order valence-electron chi connectivity index (χ4n) is 3.33. The number of hydrazone groups is 1. The van der Waals surface area contributed by atoms with Gasteiger partial charge in [-0.3, -0.25) is 4.99 Å². The molecule has 0 saturated heterocycles. The van der Waals surface area contributed by atoms with Gasteiger partial charge in [-0.25, -0.2) is 0 Å². The van der Waals surface area contributed by atoms with Crippen molar-refractivity contribution in [2.45, 2.75) is 77.6 Å². The van der Waals surface area contributed by atoms with E-state index in [1.807, 2.05) is 0 Å². The van der Waals surface area contributed by atoms with E-state index in [1.165, 1.54) is 44.1 Å². The van der Waals surface area contributed by atoms with Gasteiger partial charge in [-0.05, 0) is 32.1 Å². The van der Waals surface area contributed by atoms with Crippen LogP contribution in [-0.2, 0) is 18.9 Å². The van der Waals surface area contributed by atoms with E-state index in [1.54, 1.807) is 6.21 Å². The molecule has 8 heteroatoms. The summed E-state index contributed by atoms with van der Waals surface area (Å²) in [6, 6.07) is 0. The van der Waals surface area contributed by atoms with Crippen molar-refractivity contribution in [2.75, 3.05) is 59.4 Å². The molecule has 0 heterocycles. The van der Waals surface area contributed by atoms with Crippen LogP contribution >= 0.6 is 0 Å². The van der Waals surface area contributed by atoms with E-state index in [0.29, 0.717) is 59.4 Å². The third-order valence-corrected chi connectivity index (χ3v) is 5.60. The van der Waals surface area contributed by atoms with E-state index >= 15 is 0 Å². The summed E-state index contributed by atoms with van der Waals surface area (Å²) in [5.41, 5.74) is 9.29. The maximum absolute atomic E-state index is 6.01. The van der Waals surface area contributed by atoms with Crippen LogP contribution < -0.4 is 11.6 Å². The minimum absolute atomic E-state index is 0.547. The summed E-state index contributed by atoms with van der Waals surface area (Å²) in [5.74, 6) is 5.45. The highest BCUT2D eigenvalue weighted by atomic mass is 16.6. The van der Waals surface area contributed by atoms with Gasteiger partial charge in [-0.2, -0.15) is 5.10 Å². The fraction of sp³-hybridized carbons (Fsp3) is 0.840. The number of hydrogen-bond donors (Lipinski definition) is 2. The Hall–Kier alpha value is -1.48. The number of allylic oxidation sites excluding steroid dienone is 1. The zero-order chi connectivity index (χ0) is 23.8. The van der Waals surface area contributed by atoms with Gasteiger partial charge in [-0.1, -0.05) is 44.6 Å². The lowest BCUT2D eigenvalue weighted by atomic mass is 9.90. The van der Waals surface area contributed by atoms with Gasteiger partial charge in [0.15, 0.2) is 0 Å². The molecule has 0 aromatic carbocycles. The molecular formula is C25H48N4O4. The van der Waals surface area contributed by atoms with Crippen LogP contribution in [0.5, 0.6) is 0 Å². The Kier molecular flexibility index (Phi) is 20.0. The predicted molar refractivity (Wildman–Crippen MR) is 136 cm³/mol. The number of nitrogens with zero attached hydrogens (tertiary/aromatic N) is 2. The van der Waals surface area contributed by atoms with Crippen molar-refractivity contribution in [1.82, 2.24) is 0 Å². The van der Waals surface area contributed by atoms with Crippen molar-refractivity contribution in [3.05, 3.63) is 11.3 Å². The van der Waals surface area contributed by atoms with Crippen molar-refractivity contribution >= 4 is 11.9 Å². The van der Waals surface area contributed by atoms with Gasteiger partial charge in [0, 0.05) is 18.3 Å². The fourth-order valence-corrected chi connectivity index (χ4v) is 3.33. The lowest BCUT2D eigenvalue weighted by molar-refractivity contribution is -0.000668. The maximum atomic E-state index is 6.01. The molecule has 1 rings (SSSR count). The molecule has 0 spiro atoms. The van der Waals surface area contributed by atoms with E-state index in [0.717, 1.165) is 43.5 Å². The minimum atomic E-state index is 0.547. The molecule has 33 heavy (non-hydrogen) atoms. The normalized spacial score (nSPS) is 14.2. The number of aliphatic imine (C=N–C) groups is 1. The lowest BCUT2D eigenvalue weighted by Crippen LogP contribution is -2.14. The van der Waals surface area contributed by atoms with Crippen LogP contribution in [0.25, 0.3) is 0 Å². The Morgan fingerprint density at radius 2 is 1.36 bits per heavy atom. The van der Waals surface area contributed by atoms with Gasteiger partial charge in [0.2, 0.25) is 0 Å². The van der Waals surface area contributed by atoms with Gasteiger partial charge in [-0.15, -0.1) is 0 Å². The number of unbranched alkanes of at least 4 members (excludes halogenated alkanes) is 5. The largest absolute Gasteiger partial charge is 0.402 e. The summed E-state index contributed by atoms with van der Waals surface area (Å²) in [5, 5.41) is 3.82. The SMILES string of the molecule is CCCCCCCC/C(C=NCCOCCOCCOCCOCCC(N)=C1CCC1)=N/N. The second kappa shape index (κ2) is 22.3. The summed E-state index contributed by atoms with van der Waals surface area (Å²) < 4.78 is 22.1. The molecule has 0 unspecified atom stereocenters. The predicted octanol–water partition coefficient (Wildman–Crippen LogP) is 3.98. The third-order valence-electron chi connectivity index (χ3n) is 5.60.